The molecule has 0 unspecified atom stereocenters. The Kier molecular flexibility index (Phi) is 4.74. The van der Waals surface area contributed by atoms with E-state index in [1.807, 2.05) is 0 Å². The van der Waals surface area contributed by atoms with Crippen LogP contribution in [0.25, 0.3) is 0 Å². The van der Waals surface area contributed by atoms with E-state index in [0.29, 0.717) is 0 Å². The van der Waals surface area contributed by atoms with Gasteiger partial charge in [0.05, 0.1) is 16.1 Å². The molecule has 0 aromatic carbocycles. The fourth-order valence-corrected chi connectivity index (χ4v) is 4.34. The molecule has 0 heterocycles. The van der Waals surface area contributed by atoms with E-state index in [-0.39, 0.29) is 18.9 Å². The SMILES string of the molecule is C[Si](C)(C)C1=CCC([Si](C)(C)C)=C1.[LiH]. The topological polar surface area (TPSA) is 0 Å². The summed E-state index contributed by atoms with van der Waals surface area (Å²) in [4.78, 5) is 0. The quantitative estimate of drug-likeness (QED) is 0.624. The van der Waals surface area contributed by atoms with Crippen LogP contribution in [0.2, 0.25) is 39.3 Å². The van der Waals surface area contributed by atoms with E-state index in [9.17, 15) is 0 Å². The number of rotatable bonds is 2. The van der Waals surface area contributed by atoms with E-state index >= 15 is 0 Å². The summed E-state index contributed by atoms with van der Waals surface area (Å²) in [5.74, 6) is 0. The van der Waals surface area contributed by atoms with Crippen molar-refractivity contribution in [1.82, 2.24) is 0 Å². The molecule has 0 spiro atoms. The van der Waals surface area contributed by atoms with E-state index in [1.54, 1.807) is 10.4 Å². The Morgan fingerprint density at radius 2 is 1.43 bits per heavy atom. The number of allylic oxidation sites excluding steroid dienone is 4. The Morgan fingerprint density at radius 1 is 0.929 bits per heavy atom. The molecule has 0 saturated heterocycles. The van der Waals surface area contributed by atoms with Crippen LogP contribution in [0.15, 0.2) is 22.5 Å². The molecule has 0 aromatic heterocycles. The predicted octanol–water partition coefficient (Wildman–Crippen LogP) is 3.35. The van der Waals surface area contributed by atoms with Crippen LogP contribution in [0.1, 0.15) is 6.42 Å². The van der Waals surface area contributed by atoms with Gasteiger partial charge in [-0.3, -0.25) is 0 Å². The third-order valence-corrected chi connectivity index (χ3v) is 7.06. The van der Waals surface area contributed by atoms with E-state index in [4.69, 9.17) is 0 Å². The zero-order chi connectivity index (χ0) is 10.3. The summed E-state index contributed by atoms with van der Waals surface area (Å²) >= 11 is 0. The molecule has 0 aromatic rings. The zero-order valence-electron chi connectivity index (χ0n) is 9.86. The third-order valence-electron chi connectivity index (χ3n) is 2.70. The average Bonchev–Trinajstić information content (AvgIpc) is 2.28. The Labute approximate surface area is 103 Å². The Balaban J connectivity index is 0.00000169. The molecule has 0 radical (unpaired) electrons. The van der Waals surface area contributed by atoms with E-state index in [1.165, 1.54) is 6.42 Å². The summed E-state index contributed by atoms with van der Waals surface area (Å²) in [6, 6.07) is 0. The van der Waals surface area contributed by atoms with Crippen LogP contribution in [0.5, 0.6) is 0 Å². The molecule has 0 N–H and O–H groups in total. The zero-order valence-corrected chi connectivity index (χ0v) is 11.9. The molecule has 1 aliphatic carbocycles. The Morgan fingerprint density at radius 3 is 1.64 bits per heavy atom. The Bertz CT molecular complexity index is 264. The molecule has 76 valence electrons. The van der Waals surface area contributed by atoms with Crippen LogP contribution >= 0.6 is 0 Å². The molecule has 1 rings (SSSR count). The molecule has 3 heteroatoms. The van der Waals surface area contributed by atoms with Crippen LogP contribution in [0, 0.1) is 0 Å². The van der Waals surface area contributed by atoms with Gasteiger partial charge in [-0.15, -0.1) is 0 Å². The van der Waals surface area contributed by atoms with E-state index in [2.05, 4.69) is 51.4 Å². The van der Waals surface area contributed by atoms with Crippen LogP contribution in [0.3, 0.4) is 0 Å². The van der Waals surface area contributed by atoms with Gasteiger partial charge < -0.3 is 0 Å². The van der Waals surface area contributed by atoms with Crippen molar-refractivity contribution >= 4 is 35.0 Å². The molecule has 0 bridgehead atoms. The first-order chi connectivity index (χ1) is 5.71. The first kappa shape index (κ1) is 14.5. The van der Waals surface area contributed by atoms with Crippen LogP contribution in [0.4, 0.5) is 0 Å². The summed E-state index contributed by atoms with van der Waals surface area (Å²) in [5, 5.41) is 3.41. The molecule has 0 aliphatic heterocycles. The Hall–Kier alpha value is 0.511. The van der Waals surface area contributed by atoms with Crippen molar-refractivity contribution in [3.05, 3.63) is 22.5 Å². The van der Waals surface area contributed by atoms with Crippen molar-refractivity contribution in [3.63, 3.8) is 0 Å². The van der Waals surface area contributed by atoms with Gasteiger partial charge in [-0.25, -0.2) is 0 Å². The second kappa shape index (κ2) is 4.57. The minimum absolute atomic E-state index is 0. The molecule has 0 atom stereocenters. The first-order valence-electron chi connectivity index (χ1n) is 5.13. The average molecular weight is 218 g/mol. The fraction of sp³-hybridized carbons (Fsp3) is 0.636. The molecule has 14 heavy (non-hydrogen) atoms. The number of hydrogen-bond acceptors (Lipinski definition) is 0. The molecule has 1 aliphatic rings. The minimum atomic E-state index is -1.04. The summed E-state index contributed by atoms with van der Waals surface area (Å²) < 4.78 is 0. The van der Waals surface area contributed by atoms with Crippen LogP contribution < -0.4 is 0 Å². The van der Waals surface area contributed by atoms with Gasteiger partial charge in [0, 0.05) is 0 Å². The second-order valence-corrected chi connectivity index (χ2v) is 16.3. The molecule has 0 amide bonds. The molecular formula is C11H23LiSi2. The van der Waals surface area contributed by atoms with Gasteiger partial charge in [-0.2, -0.15) is 0 Å². The standard InChI is InChI=1S/C11H22Si2.Li.H/c1-12(2,3)10-7-8-11(9-10)13(4,5)6;;/h7,9H,8H2,1-6H3;;. The molecule has 0 saturated carbocycles. The van der Waals surface area contributed by atoms with Crippen molar-refractivity contribution in [3.8, 4) is 0 Å². The fourth-order valence-electron chi connectivity index (χ4n) is 1.57. The van der Waals surface area contributed by atoms with Gasteiger partial charge in [0.1, 0.15) is 0 Å². The van der Waals surface area contributed by atoms with Gasteiger partial charge in [-0.1, -0.05) is 61.8 Å². The normalized spacial score (nSPS) is 17.3. The molecule has 0 fully saturated rings. The molecular weight excluding hydrogens is 195 g/mol. The van der Waals surface area contributed by atoms with Gasteiger partial charge in [-0.05, 0) is 6.42 Å². The van der Waals surface area contributed by atoms with Crippen LogP contribution in [-0.4, -0.2) is 35.0 Å². The van der Waals surface area contributed by atoms with Crippen LogP contribution in [-0.2, 0) is 0 Å². The third kappa shape index (κ3) is 3.58. The second-order valence-electron chi connectivity index (χ2n) is 6.03. The van der Waals surface area contributed by atoms with Gasteiger partial charge in [0.2, 0.25) is 0 Å². The molecule has 0 nitrogen and oxygen atoms in total. The number of hydrogen-bond donors (Lipinski definition) is 0. The predicted molar refractivity (Wildman–Crippen MR) is 74.6 cm³/mol. The monoisotopic (exact) mass is 218 g/mol. The summed E-state index contributed by atoms with van der Waals surface area (Å²) in [6.45, 7) is 14.6. The maximum atomic E-state index is 2.51. The van der Waals surface area contributed by atoms with Gasteiger partial charge in [0.15, 0.2) is 0 Å². The van der Waals surface area contributed by atoms with Gasteiger partial charge in [0.25, 0.3) is 0 Å². The summed E-state index contributed by atoms with van der Waals surface area (Å²) in [6.07, 6.45) is 6.23. The van der Waals surface area contributed by atoms with Crippen molar-refractivity contribution in [2.75, 3.05) is 0 Å². The van der Waals surface area contributed by atoms with Crippen molar-refractivity contribution in [2.24, 2.45) is 0 Å². The van der Waals surface area contributed by atoms with E-state index in [0.717, 1.165) is 0 Å². The van der Waals surface area contributed by atoms with Crippen molar-refractivity contribution in [1.29, 1.82) is 0 Å². The summed E-state index contributed by atoms with van der Waals surface area (Å²) in [5.41, 5.74) is 0. The van der Waals surface area contributed by atoms with Crippen molar-refractivity contribution in [2.45, 2.75) is 45.7 Å². The summed E-state index contributed by atoms with van der Waals surface area (Å²) in [7, 11) is -2.05. The van der Waals surface area contributed by atoms with E-state index < -0.39 is 16.1 Å². The van der Waals surface area contributed by atoms with Gasteiger partial charge >= 0.3 is 18.9 Å². The van der Waals surface area contributed by atoms with Crippen molar-refractivity contribution < 1.29 is 0 Å². The maximum absolute atomic E-state index is 2.51. The first-order valence-corrected chi connectivity index (χ1v) is 12.1.